The number of rotatable bonds is 2. The van der Waals surface area contributed by atoms with Gasteiger partial charge in [0, 0.05) is 5.02 Å². The number of nitrogens with one attached hydrogen (secondary N) is 1. The average Bonchev–Trinajstić information content (AvgIpc) is 2.33. The van der Waals surface area contributed by atoms with Crippen LogP contribution in [0.5, 0.6) is 0 Å². The Kier molecular flexibility index (Phi) is 3.45. The fourth-order valence-electron chi connectivity index (χ4n) is 1.48. The van der Waals surface area contributed by atoms with Crippen molar-refractivity contribution in [3.8, 4) is 6.07 Å². The second kappa shape index (κ2) is 5.03. The van der Waals surface area contributed by atoms with Gasteiger partial charge in [0.05, 0.1) is 11.4 Å². The Labute approximate surface area is 107 Å². The fraction of sp³-hybridized carbons (Fsp3) is 0. The molecule has 0 spiro atoms. The second-order valence-corrected chi connectivity index (χ2v) is 3.96. The summed E-state index contributed by atoms with van der Waals surface area (Å²) >= 11 is 5.62. The molecule has 5 heteroatoms. The van der Waals surface area contributed by atoms with Crippen molar-refractivity contribution >= 4 is 23.0 Å². The molecule has 18 heavy (non-hydrogen) atoms. The summed E-state index contributed by atoms with van der Waals surface area (Å²) < 4.78 is 26.9. The van der Waals surface area contributed by atoms with Crippen LogP contribution in [0.3, 0.4) is 0 Å². The van der Waals surface area contributed by atoms with Gasteiger partial charge in [-0.1, -0.05) is 17.7 Å². The number of nitriles is 1. The molecular weight excluding hydrogens is 258 g/mol. The third-order valence-corrected chi connectivity index (χ3v) is 2.56. The zero-order valence-electron chi connectivity index (χ0n) is 9.05. The minimum absolute atomic E-state index is 0.126. The molecule has 0 aliphatic heterocycles. The van der Waals surface area contributed by atoms with Gasteiger partial charge in [0.25, 0.3) is 0 Å². The zero-order chi connectivity index (χ0) is 13.1. The molecule has 0 heterocycles. The normalized spacial score (nSPS) is 9.89. The van der Waals surface area contributed by atoms with Crippen LogP contribution in [0.4, 0.5) is 20.2 Å². The Balaban J connectivity index is 2.41. The predicted molar refractivity (Wildman–Crippen MR) is 65.8 cm³/mol. The molecule has 2 aromatic rings. The first-order chi connectivity index (χ1) is 8.61. The molecule has 2 nitrogen and oxygen atoms in total. The third kappa shape index (κ3) is 2.41. The van der Waals surface area contributed by atoms with E-state index in [0.717, 1.165) is 6.07 Å². The molecule has 0 aliphatic rings. The van der Waals surface area contributed by atoms with E-state index in [1.54, 1.807) is 6.07 Å². The quantitative estimate of drug-likeness (QED) is 0.881. The standard InChI is InChI=1S/C13H7ClF2N2/c14-8-4-5-13(11(16)6-8)18-12-3-1-2-10(15)9(12)7-17/h1-6,18H. The lowest BCUT2D eigenvalue weighted by atomic mass is 10.1. The molecule has 2 rings (SSSR count). The Hall–Kier alpha value is -2.12. The van der Waals surface area contributed by atoms with Gasteiger partial charge in [0.2, 0.25) is 0 Å². The van der Waals surface area contributed by atoms with Crippen LogP contribution < -0.4 is 5.32 Å². The second-order valence-electron chi connectivity index (χ2n) is 3.52. The van der Waals surface area contributed by atoms with Crippen molar-refractivity contribution in [1.29, 1.82) is 5.26 Å². The van der Waals surface area contributed by atoms with E-state index in [1.165, 1.54) is 30.3 Å². The number of anilines is 2. The van der Waals surface area contributed by atoms with E-state index in [9.17, 15) is 8.78 Å². The highest BCUT2D eigenvalue weighted by atomic mass is 35.5. The van der Waals surface area contributed by atoms with Crippen LogP contribution in [-0.4, -0.2) is 0 Å². The minimum atomic E-state index is -0.656. The number of nitrogens with zero attached hydrogens (tertiary/aromatic N) is 1. The molecule has 2 aromatic carbocycles. The number of hydrogen-bond acceptors (Lipinski definition) is 2. The summed E-state index contributed by atoms with van der Waals surface area (Å²) in [5, 5.41) is 11.8. The van der Waals surface area contributed by atoms with Gasteiger partial charge in [-0.3, -0.25) is 0 Å². The van der Waals surface area contributed by atoms with Gasteiger partial charge in [-0.25, -0.2) is 8.78 Å². The van der Waals surface area contributed by atoms with Crippen LogP contribution in [0.25, 0.3) is 0 Å². The first-order valence-corrected chi connectivity index (χ1v) is 5.40. The zero-order valence-corrected chi connectivity index (χ0v) is 9.80. The highest BCUT2D eigenvalue weighted by molar-refractivity contribution is 6.30. The summed E-state index contributed by atoms with van der Waals surface area (Å²) in [6.45, 7) is 0. The van der Waals surface area contributed by atoms with E-state index in [1.807, 2.05) is 0 Å². The van der Waals surface area contributed by atoms with Gasteiger partial charge in [-0.2, -0.15) is 5.26 Å². The lowest BCUT2D eigenvalue weighted by Gasteiger charge is -2.09. The Morgan fingerprint density at radius 2 is 1.83 bits per heavy atom. The monoisotopic (exact) mass is 264 g/mol. The van der Waals surface area contributed by atoms with E-state index >= 15 is 0 Å². The lowest BCUT2D eigenvalue weighted by molar-refractivity contribution is 0.623. The molecule has 0 amide bonds. The van der Waals surface area contributed by atoms with Gasteiger partial charge in [-0.15, -0.1) is 0 Å². The van der Waals surface area contributed by atoms with Crippen LogP contribution in [0.1, 0.15) is 5.56 Å². The first kappa shape index (κ1) is 12.3. The molecule has 0 saturated carbocycles. The van der Waals surface area contributed by atoms with Crippen LogP contribution in [0.15, 0.2) is 36.4 Å². The van der Waals surface area contributed by atoms with Crippen molar-refractivity contribution in [2.24, 2.45) is 0 Å². The summed E-state index contributed by atoms with van der Waals surface area (Å²) in [6, 6.07) is 9.88. The Morgan fingerprint density at radius 3 is 2.50 bits per heavy atom. The predicted octanol–water partition coefficient (Wildman–Crippen LogP) is 4.23. The maximum Gasteiger partial charge on any atom is 0.148 e. The number of hydrogen-bond donors (Lipinski definition) is 1. The van der Waals surface area contributed by atoms with Crippen molar-refractivity contribution in [3.63, 3.8) is 0 Å². The van der Waals surface area contributed by atoms with Crippen molar-refractivity contribution < 1.29 is 8.78 Å². The Bertz CT molecular complexity index is 635. The van der Waals surface area contributed by atoms with Crippen LogP contribution in [-0.2, 0) is 0 Å². The molecule has 0 bridgehead atoms. The summed E-state index contributed by atoms with van der Waals surface area (Å²) in [5.74, 6) is -1.23. The van der Waals surface area contributed by atoms with E-state index in [4.69, 9.17) is 16.9 Å². The Morgan fingerprint density at radius 1 is 1.06 bits per heavy atom. The molecule has 1 N–H and O–H groups in total. The fourth-order valence-corrected chi connectivity index (χ4v) is 1.64. The van der Waals surface area contributed by atoms with Gasteiger partial charge in [0.15, 0.2) is 0 Å². The summed E-state index contributed by atoms with van der Waals surface area (Å²) in [7, 11) is 0. The van der Waals surface area contributed by atoms with Crippen LogP contribution >= 0.6 is 11.6 Å². The molecule has 0 unspecified atom stereocenters. The van der Waals surface area contributed by atoms with Gasteiger partial charge < -0.3 is 5.32 Å². The van der Waals surface area contributed by atoms with Crippen molar-refractivity contribution in [1.82, 2.24) is 0 Å². The highest BCUT2D eigenvalue weighted by Gasteiger charge is 2.10. The van der Waals surface area contributed by atoms with E-state index < -0.39 is 11.6 Å². The topological polar surface area (TPSA) is 35.8 Å². The average molecular weight is 265 g/mol. The van der Waals surface area contributed by atoms with E-state index in [2.05, 4.69) is 5.32 Å². The molecule has 0 saturated heterocycles. The molecule has 0 radical (unpaired) electrons. The van der Waals surface area contributed by atoms with Crippen molar-refractivity contribution in [3.05, 3.63) is 58.6 Å². The molecule has 0 aliphatic carbocycles. The highest BCUT2D eigenvalue weighted by Crippen LogP contribution is 2.26. The largest absolute Gasteiger partial charge is 0.352 e. The van der Waals surface area contributed by atoms with Crippen molar-refractivity contribution in [2.45, 2.75) is 0 Å². The van der Waals surface area contributed by atoms with Gasteiger partial charge in [-0.05, 0) is 30.3 Å². The van der Waals surface area contributed by atoms with Crippen molar-refractivity contribution in [2.75, 3.05) is 5.32 Å². The summed E-state index contributed by atoms with van der Waals surface area (Å²) in [5.41, 5.74) is 0.173. The summed E-state index contributed by atoms with van der Waals surface area (Å²) in [4.78, 5) is 0. The van der Waals surface area contributed by atoms with E-state index in [-0.39, 0.29) is 22.0 Å². The molecule has 0 fully saturated rings. The van der Waals surface area contributed by atoms with Gasteiger partial charge in [0.1, 0.15) is 23.3 Å². The smallest absolute Gasteiger partial charge is 0.148 e. The number of benzene rings is 2. The SMILES string of the molecule is N#Cc1c(F)cccc1Nc1ccc(Cl)cc1F. The maximum absolute atomic E-state index is 13.5. The summed E-state index contributed by atoms with van der Waals surface area (Å²) in [6.07, 6.45) is 0. The maximum atomic E-state index is 13.5. The van der Waals surface area contributed by atoms with E-state index in [0.29, 0.717) is 0 Å². The molecule has 0 aromatic heterocycles. The lowest BCUT2D eigenvalue weighted by Crippen LogP contribution is -1.98. The van der Waals surface area contributed by atoms with Crippen LogP contribution in [0, 0.1) is 23.0 Å². The minimum Gasteiger partial charge on any atom is -0.352 e. The number of halogens is 3. The first-order valence-electron chi connectivity index (χ1n) is 5.02. The molecular formula is C13H7ClF2N2. The van der Waals surface area contributed by atoms with Crippen LogP contribution in [0.2, 0.25) is 5.02 Å². The van der Waals surface area contributed by atoms with Gasteiger partial charge >= 0.3 is 0 Å². The molecule has 90 valence electrons. The molecule has 0 atom stereocenters. The third-order valence-electron chi connectivity index (χ3n) is 2.33.